The minimum Gasteiger partial charge on any atom is -0.444 e. The lowest BCUT2D eigenvalue weighted by atomic mass is 10.00. The van der Waals surface area contributed by atoms with Crippen LogP contribution in [0.4, 0.5) is 4.79 Å². The fourth-order valence-electron chi connectivity index (χ4n) is 2.71. The molecule has 2 N–H and O–H groups in total. The van der Waals surface area contributed by atoms with Crippen molar-refractivity contribution in [2.24, 2.45) is 0 Å². The second-order valence-corrected chi connectivity index (χ2v) is 7.53. The molecule has 2 unspecified atom stereocenters. The average Bonchev–Trinajstić information content (AvgIpc) is 2.61. The lowest BCUT2D eigenvalue weighted by Crippen LogP contribution is -2.36. The van der Waals surface area contributed by atoms with Gasteiger partial charge in [0.2, 0.25) is 0 Å². The van der Waals surface area contributed by atoms with Crippen molar-refractivity contribution in [2.75, 3.05) is 0 Å². The zero-order valence-electron chi connectivity index (χ0n) is 16.3. The van der Waals surface area contributed by atoms with E-state index in [2.05, 4.69) is 5.32 Å². The molecule has 0 aliphatic heterocycles. The van der Waals surface area contributed by atoms with Gasteiger partial charge in [0.1, 0.15) is 5.60 Å². The van der Waals surface area contributed by atoms with Gasteiger partial charge in [0.15, 0.2) is 0 Å². The Morgan fingerprint density at radius 2 is 1.67 bits per heavy atom. The van der Waals surface area contributed by atoms with Gasteiger partial charge in [-0.1, -0.05) is 72.8 Å². The van der Waals surface area contributed by atoms with Gasteiger partial charge in [-0.3, -0.25) is 0 Å². The Labute approximate surface area is 161 Å². The number of aliphatic hydroxyl groups excluding tert-OH is 1. The first-order valence-corrected chi connectivity index (χ1v) is 9.26. The maximum absolute atomic E-state index is 12.2. The van der Waals surface area contributed by atoms with Crippen molar-refractivity contribution in [1.82, 2.24) is 5.32 Å². The van der Waals surface area contributed by atoms with Crippen LogP contribution in [0.5, 0.6) is 0 Å². The van der Waals surface area contributed by atoms with Crippen molar-refractivity contribution in [1.29, 1.82) is 0 Å². The van der Waals surface area contributed by atoms with Crippen molar-refractivity contribution in [3.8, 4) is 0 Å². The first-order valence-electron chi connectivity index (χ1n) is 9.26. The smallest absolute Gasteiger partial charge is 0.408 e. The molecule has 0 radical (unpaired) electrons. The summed E-state index contributed by atoms with van der Waals surface area (Å²) in [4.78, 5) is 12.2. The zero-order valence-corrected chi connectivity index (χ0v) is 16.3. The fourth-order valence-corrected chi connectivity index (χ4v) is 2.71. The molecule has 0 saturated carbocycles. The second kappa shape index (κ2) is 9.93. The number of carbonyl (C=O) groups is 1. The molecule has 2 aromatic rings. The Balaban J connectivity index is 1.99. The standard InChI is InChI=1S/C23H29NO3/c1-23(2,3)27-22(26)24-21(19-14-8-5-9-15-19)17-20(25)16-10-13-18-11-6-4-7-12-18/h4-12,14-16,20-21,25H,13,17H2,1-3H3,(H,24,26). The number of hydrogen-bond acceptors (Lipinski definition) is 3. The summed E-state index contributed by atoms with van der Waals surface area (Å²) in [7, 11) is 0. The van der Waals surface area contributed by atoms with Crippen molar-refractivity contribution in [2.45, 2.75) is 51.4 Å². The van der Waals surface area contributed by atoms with Crippen molar-refractivity contribution in [3.05, 3.63) is 83.9 Å². The Hall–Kier alpha value is -2.59. The first-order chi connectivity index (χ1) is 12.8. The summed E-state index contributed by atoms with van der Waals surface area (Å²) in [5.41, 5.74) is 1.55. The van der Waals surface area contributed by atoms with Gasteiger partial charge in [-0.2, -0.15) is 0 Å². The molecule has 1 amide bonds. The summed E-state index contributed by atoms with van der Waals surface area (Å²) in [5.74, 6) is 0. The number of benzene rings is 2. The topological polar surface area (TPSA) is 58.6 Å². The minimum atomic E-state index is -0.672. The van der Waals surface area contributed by atoms with Crippen molar-refractivity contribution >= 4 is 6.09 Å². The molecule has 0 aromatic heterocycles. The molecule has 0 saturated heterocycles. The van der Waals surface area contributed by atoms with Gasteiger partial charge in [0.25, 0.3) is 0 Å². The van der Waals surface area contributed by atoms with Gasteiger partial charge < -0.3 is 15.2 Å². The highest BCUT2D eigenvalue weighted by Gasteiger charge is 2.22. The summed E-state index contributed by atoms with van der Waals surface area (Å²) in [6, 6.07) is 19.3. The minimum absolute atomic E-state index is 0.336. The first kappa shape index (κ1) is 20.7. The normalized spacial score (nSPS) is 13.9. The lowest BCUT2D eigenvalue weighted by Gasteiger charge is -2.24. The molecule has 4 heteroatoms. The Morgan fingerprint density at radius 3 is 2.26 bits per heavy atom. The molecule has 4 nitrogen and oxygen atoms in total. The quantitative estimate of drug-likeness (QED) is 0.691. The van der Waals surface area contributed by atoms with Crippen LogP contribution in [-0.2, 0) is 11.2 Å². The second-order valence-electron chi connectivity index (χ2n) is 7.53. The molecular formula is C23H29NO3. The number of carbonyl (C=O) groups excluding carboxylic acids is 1. The van der Waals surface area contributed by atoms with Crippen LogP contribution in [0.1, 0.15) is 44.4 Å². The van der Waals surface area contributed by atoms with Crippen molar-refractivity contribution in [3.63, 3.8) is 0 Å². The van der Waals surface area contributed by atoms with Gasteiger partial charge in [-0.15, -0.1) is 0 Å². The molecule has 0 aliphatic rings. The van der Waals surface area contributed by atoms with Crippen LogP contribution in [-0.4, -0.2) is 22.9 Å². The van der Waals surface area contributed by atoms with E-state index >= 15 is 0 Å². The number of ether oxygens (including phenoxy) is 1. The lowest BCUT2D eigenvalue weighted by molar-refractivity contribution is 0.0490. The summed E-state index contributed by atoms with van der Waals surface area (Å²) < 4.78 is 5.36. The monoisotopic (exact) mass is 367 g/mol. The van der Waals surface area contributed by atoms with Gasteiger partial charge in [0.05, 0.1) is 12.1 Å². The molecular weight excluding hydrogens is 338 g/mol. The average molecular weight is 367 g/mol. The van der Waals surface area contributed by atoms with E-state index in [0.29, 0.717) is 6.42 Å². The highest BCUT2D eigenvalue weighted by molar-refractivity contribution is 5.68. The highest BCUT2D eigenvalue weighted by atomic mass is 16.6. The van der Waals surface area contributed by atoms with Crippen LogP contribution < -0.4 is 5.32 Å². The number of allylic oxidation sites excluding steroid dienone is 1. The predicted octanol–water partition coefficient (Wildman–Crippen LogP) is 4.80. The third kappa shape index (κ3) is 8.09. The molecule has 144 valence electrons. The molecule has 2 atom stereocenters. The Bertz CT molecular complexity index is 720. The van der Waals surface area contributed by atoms with E-state index in [9.17, 15) is 9.90 Å². The molecule has 0 aliphatic carbocycles. The summed E-state index contributed by atoms with van der Waals surface area (Å²) in [6.45, 7) is 5.47. The van der Waals surface area contributed by atoms with Crippen molar-refractivity contribution < 1.29 is 14.6 Å². The van der Waals surface area contributed by atoms with Gasteiger partial charge in [-0.25, -0.2) is 4.79 Å². The number of amides is 1. The predicted molar refractivity (Wildman–Crippen MR) is 108 cm³/mol. The Morgan fingerprint density at radius 1 is 1.07 bits per heavy atom. The number of aliphatic hydroxyl groups is 1. The SMILES string of the molecule is CC(C)(C)OC(=O)NC(CC(O)C=CCc1ccccc1)c1ccccc1. The number of nitrogens with one attached hydrogen (secondary N) is 1. The highest BCUT2D eigenvalue weighted by Crippen LogP contribution is 2.20. The molecule has 0 fully saturated rings. The molecule has 0 bridgehead atoms. The number of alkyl carbamates (subject to hydrolysis) is 1. The summed E-state index contributed by atoms with van der Waals surface area (Å²) >= 11 is 0. The fraction of sp³-hybridized carbons (Fsp3) is 0.348. The van der Waals surface area contributed by atoms with Gasteiger partial charge in [0, 0.05) is 6.42 Å². The molecule has 0 heterocycles. The molecule has 27 heavy (non-hydrogen) atoms. The summed E-state index contributed by atoms with van der Waals surface area (Å²) in [6.07, 6.45) is 3.70. The van der Waals surface area contributed by atoms with E-state index in [1.807, 2.05) is 87.5 Å². The maximum Gasteiger partial charge on any atom is 0.408 e. The number of hydrogen-bond donors (Lipinski definition) is 2. The van der Waals surface area contributed by atoms with E-state index in [-0.39, 0.29) is 6.04 Å². The van der Waals surface area contributed by atoms with Crippen LogP contribution in [0, 0.1) is 0 Å². The van der Waals surface area contributed by atoms with Gasteiger partial charge in [-0.05, 0) is 38.3 Å². The third-order valence-electron chi connectivity index (χ3n) is 3.92. The van der Waals surface area contributed by atoms with Crippen LogP contribution >= 0.6 is 0 Å². The maximum atomic E-state index is 12.2. The van der Waals surface area contributed by atoms with Gasteiger partial charge >= 0.3 is 6.09 Å². The van der Waals surface area contributed by atoms with E-state index in [4.69, 9.17) is 4.74 Å². The molecule has 2 aromatic carbocycles. The van der Waals surface area contributed by atoms with Crippen LogP contribution in [0.15, 0.2) is 72.8 Å². The zero-order chi connectivity index (χ0) is 19.7. The van der Waals surface area contributed by atoms with Crippen LogP contribution in [0.2, 0.25) is 0 Å². The van der Waals surface area contributed by atoms with E-state index in [0.717, 1.165) is 12.0 Å². The van der Waals surface area contributed by atoms with Crippen LogP contribution in [0.25, 0.3) is 0 Å². The number of rotatable bonds is 7. The summed E-state index contributed by atoms with van der Waals surface area (Å²) in [5, 5.41) is 13.3. The van der Waals surface area contributed by atoms with Crippen LogP contribution in [0.3, 0.4) is 0 Å². The molecule has 0 spiro atoms. The van der Waals surface area contributed by atoms with E-state index in [1.165, 1.54) is 5.56 Å². The van der Waals surface area contributed by atoms with E-state index in [1.54, 1.807) is 6.08 Å². The molecule has 2 rings (SSSR count). The van der Waals surface area contributed by atoms with E-state index < -0.39 is 17.8 Å². The largest absolute Gasteiger partial charge is 0.444 e. The Kier molecular flexibility index (Phi) is 7.62. The third-order valence-corrected chi connectivity index (χ3v) is 3.92.